The Labute approximate surface area is 174 Å². The maximum atomic E-state index is 6.56. The summed E-state index contributed by atoms with van der Waals surface area (Å²) >= 11 is 0. The van der Waals surface area contributed by atoms with Crippen LogP contribution in [0.2, 0.25) is 0 Å². The summed E-state index contributed by atoms with van der Waals surface area (Å²) in [5.41, 5.74) is 1.25. The first-order chi connectivity index (χ1) is 13.3. The zero-order valence-corrected chi connectivity index (χ0v) is 19.3. The van der Waals surface area contributed by atoms with E-state index in [1.54, 1.807) is 0 Å². The van der Waals surface area contributed by atoms with Crippen molar-refractivity contribution in [3.63, 3.8) is 0 Å². The summed E-state index contributed by atoms with van der Waals surface area (Å²) in [6.07, 6.45) is 19.0. The molecule has 159 valence electrons. The summed E-state index contributed by atoms with van der Waals surface area (Å²) in [5, 5.41) is 0. The van der Waals surface area contributed by atoms with Crippen LogP contribution in [0.5, 0.6) is 0 Å². The fourth-order valence-electron chi connectivity index (χ4n) is 9.46. The van der Waals surface area contributed by atoms with Gasteiger partial charge in [-0.15, -0.1) is 0 Å². The van der Waals surface area contributed by atoms with Gasteiger partial charge < -0.3 is 4.74 Å². The van der Waals surface area contributed by atoms with E-state index in [1.165, 1.54) is 70.6 Å². The lowest BCUT2D eigenvalue weighted by Gasteiger charge is -2.59. The van der Waals surface area contributed by atoms with Gasteiger partial charge in [0.1, 0.15) is 5.60 Å². The Kier molecular flexibility index (Phi) is 4.78. The van der Waals surface area contributed by atoms with Crippen LogP contribution in [0, 0.1) is 52.8 Å². The van der Waals surface area contributed by atoms with E-state index in [1.807, 2.05) is 0 Å². The molecule has 1 heteroatoms. The first-order valence-electron chi connectivity index (χ1n) is 12.8. The third-order valence-corrected chi connectivity index (χ3v) is 10.9. The predicted molar refractivity (Wildman–Crippen MR) is 117 cm³/mol. The SMILES string of the molecule is CC(C)CCC[C@@H](C)[C@H]1CC[C@H]2[C@@H]3CC4OC45CCC[CH][C@]5(C)[C@H]3CC[C@]12C. The van der Waals surface area contributed by atoms with Crippen LogP contribution in [-0.2, 0) is 4.74 Å². The zero-order chi connectivity index (χ0) is 19.7. The van der Waals surface area contributed by atoms with Crippen molar-refractivity contribution in [2.75, 3.05) is 0 Å². The summed E-state index contributed by atoms with van der Waals surface area (Å²) in [6.45, 7) is 12.7. The molecule has 5 rings (SSSR count). The molecular weight excluding hydrogens is 340 g/mol. The largest absolute Gasteiger partial charge is 0.365 e. The average molecular weight is 386 g/mol. The third-order valence-electron chi connectivity index (χ3n) is 10.9. The van der Waals surface area contributed by atoms with Crippen molar-refractivity contribution in [2.24, 2.45) is 46.3 Å². The predicted octanol–water partition coefficient (Wildman–Crippen LogP) is 7.44. The van der Waals surface area contributed by atoms with Gasteiger partial charge in [-0.2, -0.15) is 0 Å². The molecule has 0 amide bonds. The van der Waals surface area contributed by atoms with Gasteiger partial charge in [-0.1, -0.05) is 60.3 Å². The molecule has 1 saturated heterocycles. The Morgan fingerprint density at radius 1 is 1.00 bits per heavy atom. The monoisotopic (exact) mass is 385 g/mol. The highest BCUT2D eigenvalue weighted by Gasteiger charge is 2.75. The molecule has 1 spiro atoms. The van der Waals surface area contributed by atoms with E-state index in [-0.39, 0.29) is 5.60 Å². The molecule has 9 atom stereocenters. The minimum atomic E-state index is 0.266. The third kappa shape index (κ3) is 2.66. The van der Waals surface area contributed by atoms with Crippen molar-refractivity contribution in [3.05, 3.63) is 6.42 Å². The Bertz CT molecular complexity index is 597. The lowest BCUT2D eigenvalue weighted by atomic mass is 9.44. The molecule has 0 aromatic carbocycles. The van der Waals surface area contributed by atoms with Gasteiger partial charge in [0.05, 0.1) is 6.10 Å². The second kappa shape index (κ2) is 6.73. The van der Waals surface area contributed by atoms with E-state index in [9.17, 15) is 0 Å². The van der Waals surface area contributed by atoms with Crippen molar-refractivity contribution in [1.29, 1.82) is 0 Å². The molecule has 0 N–H and O–H groups in total. The highest BCUT2D eigenvalue weighted by atomic mass is 16.6. The highest BCUT2D eigenvalue weighted by Crippen LogP contribution is 2.74. The van der Waals surface area contributed by atoms with Gasteiger partial charge in [0, 0.05) is 5.41 Å². The molecule has 28 heavy (non-hydrogen) atoms. The van der Waals surface area contributed by atoms with Crippen LogP contribution < -0.4 is 0 Å². The van der Waals surface area contributed by atoms with Crippen molar-refractivity contribution in [1.82, 2.24) is 0 Å². The smallest absolute Gasteiger partial charge is 0.101 e. The second-order valence-electron chi connectivity index (χ2n) is 12.5. The lowest BCUT2D eigenvalue weighted by molar-refractivity contribution is -0.0810. The van der Waals surface area contributed by atoms with Crippen LogP contribution in [0.3, 0.4) is 0 Å². The van der Waals surface area contributed by atoms with Gasteiger partial charge >= 0.3 is 0 Å². The summed E-state index contributed by atoms with van der Waals surface area (Å²) < 4.78 is 6.56. The summed E-state index contributed by atoms with van der Waals surface area (Å²) in [4.78, 5) is 0. The fourth-order valence-corrected chi connectivity index (χ4v) is 9.46. The first kappa shape index (κ1) is 19.9. The molecule has 2 unspecified atom stereocenters. The summed E-state index contributed by atoms with van der Waals surface area (Å²) in [7, 11) is 0. The molecule has 5 fully saturated rings. The van der Waals surface area contributed by atoms with Gasteiger partial charge in [-0.3, -0.25) is 0 Å². The number of epoxide rings is 1. The number of ether oxygens (including phenoxy) is 1. The zero-order valence-electron chi connectivity index (χ0n) is 19.3. The molecule has 5 aliphatic rings. The molecule has 0 aromatic rings. The Morgan fingerprint density at radius 3 is 2.61 bits per heavy atom. The summed E-state index contributed by atoms with van der Waals surface area (Å²) in [5.74, 6) is 5.56. The van der Waals surface area contributed by atoms with Crippen molar-refractivity contribution < 1.29 is 4.74 Å². The normalized spacial score (nSPS) is 53.1. The molecule has 1 aliphatic heterocycles. The van der Waals surface area contributed by atoms with Gasteiger partial charge in [0.15, 0.2) is 0 Å². The van der Waals surface area contributed by atoms with E-state index in [0.717, 1.165) is 35.5 Å². The van der Waals surface area contributed by atoms with Crippen molar-refractivity contribution in [2.45, 2.75) is 117 Å². The number of rotatable bonds is 5. The van der Waals surface area contributed by atoms with Crippen LogP contribution >= 0.6 is 0 Å². The van der Waals surface area contributed by atoms with Crippen LogP contribution in [0.15, 0.2) is 0 Å². The molecule has 0 aromatic heterocycles. The van der Waals surface area contributed by atoms with E-state index < -0.39 is 0 Å². The van der Waals surface area contributed by atoms with Gasteiger partial charge in [0.2, 0.25) is 0 Å². The Morgan fingerprint density at radius 2 is 1.82 bits per heavy atom. The molecular formula is C27H45O. The lowest BCUT2D eigenvalue weighted by Crippen LogP contribution is -2.57. The standard InChI is InChI=1S/C27H45O/c1-18(2)9-8-10-19(3)21-11-12-22-20-17-24-27(28-24)15-7-6-14-26(27,5)23(20)13-16-25(21,22)4/h14,18-24H,6-13,15-17H2,1-5H3/t19-,20+,21-,22+,23+,24?,25-,26-,27?/m1/s1. The van der Waals surface area contributed by atoms with Gasteiger partial charge in [-0.25, -0.2) is 0 Å². The maximum Gasteiger partial charge on any atom is 0.101 e. The van der Waals surface area contributed by atoms with Crippen molar-refractivity contribution in [3.8, 4) is 0 Å². The number of hydrogen-bond donors (Lipinski definition) is 0. The quantitative estimate of drug-likeness (QED) is 0.448. The fraction of sp³-hybridized carbons (Fsp3) is 0.963. The Balaban J connectivity index is 1.33. The average Bonchev–Trinajstić information content (AvgIpc) is 3.23. The molecule has 4 aliphatic carbocycles. The molecule has 1 heterocycles. The number of hydrogen-bond acceptors (Lipinski definition) is 1. The molecule has 1 radical (unpaired) electrons. The van der Waals surface area contributed by atoms with E-state index in [2.05, 4.69) is 41.0 Å². The van der Waals surface area contributed by atoms with E-state index >= 15 is 0 Å². The van der Waals surface area contributed by atoms with Crippen LogP contribution in [0.25, 0.3) is 0 Å². The van der Waals surface area contributed by atoms with E-state index in [4.69, 9.17) is 4.74 Å². The molecule has 4 saturated carbocycles. The first-order valence-corrected chi connectivity index (χ1v) is 12.8. The molecule has 1 nitrogen and oxygen atoms in total. The summed E-state index contributed by atoms with van der Waals surface area (Å²) in [6, 6.07) is 0. The Hall–Kier alpha value is -0.0400. The second-order valence-corrected chi connectivity index (χ2v) is 12.5. The molecule has 0 bridgehead atoms. The minimum absolute atomic E-state index is 0.266. The van der Waals surface area contributed by atoms with Gasteiger partial charge in [-0.05, 0) is 92.3 Å². The maximum absolute atomic E-state index is 6.56. The van der Waals surface area contributed by atoms with Crippen LogP contribution in [-0.4, -0.2) is 11.7 Å². The van der Waals surface area contributed by atoms with E-state index in [0.29, 0.717) is 16.9 Å². The minimum Gasteiger partial charge on any atom is -0.365 e. The van der Waals surface area contributed by atoms with Crippen LogP contribution in [0.1, 0.15) is 105 Å². The van der Waals surface area contributed by atoms with Crippen LogP contribution in [0.4, 0.5) is 0 Å². The number of fused-ring (bicyclic) bond motifs is 4. The highest BCUT2D eigenvalue weighted by molar-refractivity contribution is 5.27. The van der Waals surface area contributed by atoms with Crippen molar-refractivity contribution >= 4 is 0 Å². The topological polar surface area (TPSA) is 12.5 Å². The van der Waals surface area contributed by atoms with Gasteiger partial charge in [0.25, 0.3) is 0 Å².